The number of aliphatic hydroxyl groups is 3. The van der Waals surface area contributed by atoms with Gasteiger partial charge in [-0.1, -0.05) is 212 Å². The molecule has 1 heterocycles. The van der Waals surface area contributed by atoms with Crippen LogP contribution >= 0.6 is 0 Å². The Bertz CT molecular complexity index is 1230. The zero-order valence-corrected chi connectivity index (χ0v) is 42.1. The van der Waals surface area contributed by atoms with E-state index in [4.69, 9.17) is 18.9 Å². The lowest BCUT2D eigenvalue weighted by molar-refractivity contribution is -0.301. The summed E-state index contributed by atoms with van der Waals surface area (Å²) in [5.41, 5.74) is 0. The summed E-state index contributed by atoms with van der Waals surface area (Å²) in [5, 5.41) is 30.7. The van der Waals surface area contributed by atoms with Crippen molar-refractivity contribution < 1.29 is 56.2 Å². The number of carbonyl (C=O) groups excluding carboxylic acids is 1. The van der Waals surface area contributed by atoms with Crippen LogP contribution in [0.4, 0.5) is 0 Å². The van der Waals surface area contributed by atoms with Crippen molar-refractivity contribution in [2.45, 2.75) is 275 Å². The molecule has 0 radical (unpaired) electrons. The number of hydrogen-bond acceptors (Lipinski definition) is 11. The van der Waals surface area contributed by atoms with Crippen LogP contribution < -0.4 is 0 Å². The molecule has 0 bridgehead atoms. The van der Waals surface area contributed by atoms with Crippen molar-refractivity contribution in [3.63, 3.8) is 0 Å². The molecule has 0 saturated carbocycles. The largest absolute Gasteiger partial charge is 0.457 e. The summed E-state index contributed by atoms with van der Waals surface area (Å²) in [7, 11) is -5.06. The van der Waals surface area contributed by atoms with Crippen LogP contribution in [0.15, 0.2) is 24.3 Å². The fraction of sp³-hybridized carbons (Fsp3) is 0.904. The SMILES string of the molecule is CCCCCCC/C=C\C/C=C\CCCCCCCCCCCCCCCCOCC(COC1OC(CO)C(O)C(OS(=O)(=O)O)C1O)OC(=O)CCCCCCCCCCCCCC. The average Bonchev–Trinajstić information content (AvgIpc) is 3.28. The van der Waals surface area contributed by atoms with E-state index in [0.29, 0.717) is 13.0 Å². The number of ether oxygens (including phenoxy) is 4. The minimum atomic E-state index is -5.06. The van der Waals surface area contributed by atoms with Gasteiger partial charge in [0.05, 0.1) is 19.8 Å². The Kier molecular flexibility index (Phi) is 41.5. The number of unbranched alkanes of at least 4 members (excludes halogenated alkanes) is 30. The van der Waals surface area contributed by atoms with Gasteiger partial charge in [0.15, 0.2) is 6.29 Å². The molecule has 4 N–H and O–H groups in total. The van der Waals surface area contributed by atoms with E-state index >= 15 is 0 Å². The standard InChI is InChI=1S/C52H98O12S/c1-3-5-7-9-11-13-15-17-18-19-20-21-22-23-24-25-26-27-28-29-30-32-34-36-38-40-42-60-44-46(62-48(54)41-39-37-35-33-31-16-14-12-10-8-6-4-2)45-61-52-50(56)51(64-65(57,58)59)49(55)47(43-53)63-52/h15,17,19-20,46-47,49-53,55-56H,3-14,16,18,21-45H2,1-2H3,(H,57,58,59)/b17-15-,20-19-. The highest BCUT2D eigenvalue weighted by Crippen LogP contribution is 2.26. The average molecular weight is 947 g/mol. The highest BCUT2D eigenvalue weighted by atomic mass is 32.3. The summed E-state index contributed by atoms with van der Waals surface area (Å²) in [6.45, 7) is 4.01. The molecular weight excluding hydrogens is 849 g/mol. The third-order valence-corrected chi connectivity index (χ3v) is 12.8. The van der Waals surface area contributed by atoms with E-state index in [1.807, 2.05) is 0 Å². The predicted molar refractivity (Wildman–Crippen MR) is 262 cm³/mol. The van der Waals surface area contributed by atoms with Gasteiger partial charge in [0.25, 0.3) is 0 Å². The molecule has 12 nitrogen and oxygen atoms in total. The summed E-state index contributed by atoms with van der Waals surface area (Å²) in [6.07, 6.45) is 42.2. The van der Waals surface area contributed by atoms with Gasteiger partial charge in [-0.2, -0.15) is 8.42 Å². The first-order chi connectivity index (χ1) is 31.6. The summed E-state index contributed by atoms with van der Waals surface area (Å²) in [4.78, 5) is 12.9. The summed E-state index contributed by atoms with van der Waals surface area (Å²) in [6, 6.07) is 0. The van der Waals surface area contributed by atoms with Crippen LogP contribution in [0.1, 0.15) is 239 Å². The van der Waals surface area contributed by atoms with Gasteiger partial charge in [0.1, 0.15) is 30.5 Å². The molecular formula is C52H98O12S. The number of rotatable bonds is 47. The van der Waals surface area contributed by atoms with Crippen molar-refractivity contribution in [2.24, 2.45) is 0 Å². The Balaban J connectivity index is 2.26. The Morgan fingerprint density at radius 3 is 1.46 bits per heavy atom. The molecule has 1 rings (SSSR count). The lowest BCUT2D eigenvalue weighted by Gasteiger charge is -2.41. The molecule has 1 saturated heterocycles. The first kappa shape index (κ1) is 61.6. The summed E-state index contributed by atoms with van der Waals surface area (Å²) < 4.78 is 59.2. The lowest BCUT2D eigenvalue weighted by atomic mass is 9.99. The van der Waals surface area contributed by atoms with Crippen LogP contribution in [0.2, 0.25) is 0 Å². The molecule has 384 valence electrons. The van der Waals surface area contributed by atoms with Gasteiger partial charge in [-0.3, -0.25) is 9.35 Å². The van der Waals surface area contributed by atoms with Gasteiger partial charge < -0.3 is 34.3 Å². The fourth-order valence-corrected chi connectivity index (χ4v) is 8.80. The molecule has 0 aromatic rings. The maximum absolute atomic E-state index is 12.9. The van der Waals surface area contributed by atoms with Gasteiger partial charge in [-0.15, -0.1) is 0 Å². The predicted octanol–water partition coefficient (Wildman–Crippen LogP) is 12.4. The third kappa shape index (κ3) is 37.2. The Hall–Kier alpha value is -1.42. The lowest BCUT2D eigenvalue weighted by Crippen LogP contribution is -2.60. The number of esters is 1. The van der Waals surface area contributed by atoms with E-state index in [1.165, 1.54) is 167 Å². The Morgan fingerprint density at radius 2 is 1.02 bits per heavy atom. The van der Waals surface area contributed by atoms with Crippen LogP contribution in [0, 0.1) is 0 Å². The number of aliphatic hydroxyl groups excluding tert-OH is 3. The molecule has 1 fully saturated rings. The van der Waals surface area contributed by atoms with Crippen LogP contribution in [0.25, 0.3) is 0 Å². The van der Waals surface area contributed by atoms with E-state index in [1.54, 1.807) is 0 Å². The van der Waals surface area contributed by atoms with Gasteiger partial charge in [-0.05, 0) is 44.9 Å². The number of hydrogen-bond donors (Lipinski definition) is 4. The van der Waals surface area contributed by atoms with Gasteiger partial charge in [-0.25, -0.2) is 4.18 Å². The topological polar surface area (TPSA) is 178 Å². The van der Waals surface area contributed by atoms with E-state index in [9.17, 15) is 33.1 Å². The molecule has 0 spiro atoms. The van der Waals surface area contributed by atoms with Gasteiger partial charge in [0.2, 0.25) is 0 Å². The molecule has 1 aliphatic heterocycles. The zero-order chi connectivity index (χ0) is 47.5. The molecule has 0 amide bonds. The smallest absolute Gasteiger partial charge is 0.397 e. The second kappa shape index (κ2) is 43.8. The summed E-state index contributed by atoms with van der Waals surface area (Å²) in [5.74, 6) is -0.396. The maximum Gasteiger partial charge on any atom is 0.397 e. The van der Waals surface area contributed by atoms with Crippen molar-refractivity contribution in [2.75, 3.05) is 26.4 Å². The highest BCUT2D eigenvalue weighted by molar-refractivity contribution is 7.80. The molecule has 1 aliphatic rings. The molecule has 0 aromatic heterocycles. The molecule has 0 aromatic carbocycles. The second-order valence-electron chi connectivity index (χ2n) is 18.5. The van der Waals surface area contributed by atoms with E-state index < -0.39 is 59.8 Å². The van der Waals surface area contributed by atoms with E-state index in [2.05, 4.69) is 42.3 Å². The molecule has 65 heavy (non-hydrogen) atoms. The van der Waals surface area contributed by atoms with Crippen LogP contribution in [0.5, 0.6) is 0 Å². The third-order valence-electron chi connectivity index (χ3n) is 12.3. The molecule has 13 heteroatoms. The van der Waals surface area contributed by atoms with E-state index in [0.717, 1.165) is 44.9 Å². The molecule has 6 unspecified atom stereocenters. The van der Waals surface area contributed by atoms with Crippen LogP contribution in [-0.2, 0) is 38.3 Å². The van der Waals surface area contributed by atoms with Gasteiger partial charge >= 0.3 is 16.4 Å². The Labute approximate surface area is 397 Å². The number of allylic oxidation sites excluding steroid dienone is 4. The monoisotopic (exact) mass is 947 g/mol. The van der Waals surface area contributed by atoms with E-state index in [-0.39, 0.29) is 19.6 Å². The number of carbonyl (C=O) groups is 1. The normalized spacial score (nSPS) is 19.8. The maximum atomic E-state index is 12.9. The van der Waals surface area contributed by atoms with Crippen molar-refractivity contribution in [3.8, 4) is 0 Å². The van der Waals surface area contributed by atoms with Crippen molar-refractivity contribution in [3.05, 3.63) is 24.3 Å². The first-order valence-electron chi connectivity index (χ1n) is 26.6. The van der Waals surface area contributed by atoms with Crippen molar-refractivity contribution in [1.29, 1.82) is 0 Å². The molecule has 0 aliphatic carbocycles. The molecule has 6 atom stereocenters. The minimum absolute atomic E-state index is 0.0405. The van der Waals surface area contributed by atoms with Crippen LogP contribution in [-0.4, -0.2) is 97.5 Å². The van der Waals surface area contributed by atoms with Crippen molar-refractivity contribution in [1.82, 2.24) is 0 Å². The van der Waals surface area contributed by atoms with Crippen molar-refractivity contribution >= 4 is 16.4 Å². The van der Waals surface area contributed by atoms with Crippen LogP contribution in [0.3, 0.4) is 0 Å². The quantitative estimate of drug-likeness (QED) is 0.0197. The fourth-order valence-electron chi connectivity index (χ4n) is 8.29. The highest BCUT2D eigenvalue weighted by Gasteiger charge is 2.48. The second-order valence-corrected chi connectivity index (χ2v) is 19.5. The zero-order valence-electron chi connectivity index (χ0n) is 41.3. The van der Waals surface area contributed by atoms with Gasteiger partial charge in [0, 0.05) is 13.0 Å². The Morgan fingerprint density at radius 1 is 0.585 bits per heavy atom. The minimum Gasteiger partial charge on any atom is -0.457 e. The first-order valence-corrected chi connectivity index (χ1v) is 28.0. The summed E-state index contributed by atoms with van der Waals surface area (Å²) >= 11 is 0.